The number of aliphatic hydroxyl groups is 1. The van der Waals surface area contributed by atoms with Gasteiger partial charge in [-0.2, -0.15) is 0 Å². The number of hydrogen-bond donors (Lipinski definition) is 1. The summed E-state index contributed by atoms with van der Waals surface area (Å²) >= 11 is 0. The summed E-state index contributed by atoms with van der Waals surface area (Å²) in [6, 6.07) is 3.54. The Kier molecular flexibility index (Phi) is 5.63. The number of pyridine rings is 1. The van der Waals surface area contributed by atoms with E-state index in [9.17, 15) is 4.79 Å². The average Bonchev–Trinajstić information content (AvgIpc) is 2.34. The molecule has 0 atom stereocenters. The molecule has 0 unspecified atom stereocenters. The van der Waals surface area contributed by atoms with Gasteiger partial charge in [0.25, 0.3) is 5.91 Å². The summed E-state index contributed by atoms with van der Waals surface area (Å²) in [7, 11) is 0. The molecule has 1 aromatic heterocycles. The lowest BCUT2D eigenvalue weighted by atomic mass is 10.1. The monoisotopic (exact) mass is 236 g/mol. The number of rotatable bonds is 6. The largest absolute Gasteiger partial charge is 0.395 e. The first-order valence-electron chi connectivity index (χ1n) is 6.02. The second-order valence-corrected chi connectivity index (χ2v) is 4.01. The van der Waals surface area contributed by atoms with Crippen LogP contribution in [0.15, 0.2) is 18.3 Å². The maximum absolute atomic E-state index is 12.2. The Morgan fingerprint density at radius 2 is 2.24 bits per heavy atom. The van der Waals surface area contributed by atoms with E-state index in [4.69, 9.17) is 5.11 Å². The SMILES string of the molecule is CCCCN(CCO)C(=O)c1cccnc1C. The van der Waals surface area contributed by atoms with Gasteiger partial charge in [-0.25, -0.2) is 0 Å². The fourth-order valence-electron chi connectivity index (χ4n) is 1.67. The van der Waals surface area contributed by atoms with E-state index in [-0.39, 0.29) is 12.5 Å². The van der Waals surface area contributed by atoms with Crippen molar-refractivity contribution >= 4 is 5.91 Å². The first-order chi connectivity index (χ1) is 8.20. The second-order valence-electron chi connectivity index (χ2n) is 4.01. The smallest absolute Gasteiger partial charge is 0.255 e. The highest BCUT2D eigenvalue weighted by atomic mass is 16.3. The summed E-state index contributed by atoms with van der Waals surface area (Å²) < 4.78 is 0. The predicted octanol–water partition coefficient (Wildman–Crippen LogP) is 1.62. The van der Waals surface area contributed by atoms with Gasteiger partial charge < -0.3 is 10.0 Å². The molecule has 0 aliphatic rings. The lowest BCUT2D eigenvalue weighted by Gasteiger charge is -2.22. The Labute approximate surface area is 102 Å². The van der Waals surface area contributed by atoms with Crippen molar-refractivity contribution < 1.29 is 9.90 Å². The highest BCUT2D eigenvalue weighted by Gasteiger charge is 2.16. The molecule has 0 fully saturated rings. The van der Waals surface area contributed by atoms with Gasteiger partial charge in [0.2, 0.25) is 0 Å². The Bertz CT molecular complexity index is 366. The maximum atomic E-state index is 12.2. The van der Waals surface area contributed by atoms with Crippen molar-refractivity contribution in [3.05, 3.63) is 29.6 Å². The van der Waals surface area contributed by atoms with E-state index in [0.717, 1.165) is 18.5 Å². The summed E-state index contributed by atoms with van der Waals surface area (Å²) in [4.78, 5) is 18.0. The Balaban J connectivity index is 2.80. The van der Waals surface area contributed by atoms with Crippen LogP contribution in [0.3, 0.4) is 0 Å². The van der Waals surface area contributed by atoms with Gasteiger partial charge in [-0.1, -0.05) is 13.3 Å². The van der Waals surface area contributed by atoms with Gasteiger partial charge in [0, 0.05) is 25.0 Å². The minimum atomic E-state index is -0.0434. The van der Waals surface area contributed by atoms with Crippen LogP contribution in [-0.2, 0) is 0 Å². The fourth-order valence-corrected chi connectivity index (χ4v) is 1.67. The van der Waals surface area contributed by atoms with Crippen molar-refractivity contribution in [2.45, 2.75) is 26.7 Å². The number of hydrogen-bond acceptors (Lipinski definition) is 3. The lowest BCUT2D eigenvalue weighted by molar-refractivity contribution is 0.0718. The zero-order chi connectivity index (χ0) is 12.7. The van der Waals surface area contributed by atoms with Crippen molar-refractivity contribution in [3.8, 4) is 0 Å². The number of aromatic nitrogens is 1. The van der Waals surface area contributed by atoms with Crippen molar-refractivity contribution in [3.63, 3.8) is 0 Å². The van der Waals surface area contributed by atoms with E-state index in [2.05, 4.69) is 11.9 Å². The average molecular weight is 236 g/mol. The first kappa shape index (κ1) is 13.6. The molecule has 1 N–H and O–H groups in total. The third kappa shape index (κ3) is 3.82. The molecule has 1 rings (SSSR count). The number of nitrogens with zero attached hydrogens (tertiary/aromatic N) is 2. The zero-order valence-corrected chi connectivity index (χ0v) is 10.5. The van der Waals surface area contributed by atoms with E-state index >= 15 is 0 Å². The minimum absolute atomic E-state index is 0.00519. The van der Waals surface area contributed by atoms with Gasteiger partial charge in [0.1, 0.15) is 0 Å². The van der Waals surface area contributed by atoms with Gasteiger partial charge in [0.15, 0.2) is 0 Å². The highest BCUT2D eigenvalue weighted by Crippen LogP contribution is 2.09. The van der Waals surface area contributed by atoms with E-state index in [1.165, 1.54) is 0 Å². The van der Waals surface area contributed by atoms with Gasteiger partial charge in [-0.15, -0.1) is 0 Å². The second kappa shape index (κ2) is 7.01. The molecule has 94 valence electrons. The molecule has 0 aliphatic carbocycles. The van der Waals surface area contributed by atoms with Gasteiger partial charge in [-0.05, 0) is 25.5 Å². The molecule has 0 radical (unpaired) electrons. The number of aliphatic hydroxyl groups excluding tert-OH is 1. The topological polar surface area (TPSA) is 53.4 Å². The van der Waals surface area contributed by atoms with Crippen LogP contribution in [0.25, 0.3) is 0 Å². The summed E-state index contributed by atoms with van der Waals surface area (Å²) in [5.41, 5.74) is 1.36. The third-order valence-electron chi connectivity index (χ3n) is 2.68. The summed E-state index contributed by atoms with van der Waals surface area (Å²) in [6.07, 6.45) is 3.65. The molecule has 4 heteroatoms. The maximum Gasteiger partial charge on any atom is 0.255 e. The van der Waals surface area contributed by atoms with Gasteiger partial charge >= 0.3 is 0 Å². The quantitative estimate of drug-likeness (QED) is 0.816. The molecule has 0 bridgehead atoms. The van der Waals surface area contributed by atoms with E-state index < -0.39 is 0 Å². The van der Waals surface area contributed by atoms with E-state index in [0.29, 0.717) is 18.7 Å². The molecule has 1 amide bonds. The fraction of sp³-hybridized carbons (Fsp3) is 0.538. The number of aryl methyl sites for hydroxylation is 1. The van der Waals surface area contributed by atoms with Crippen LogP contribution >= 0.6 is 0 Å². The summed E-state index contributed by atoms with van der Waals surface area (Å²) in [6.45, 7) is 4.97. The van der Waals surface area contributed by atoms with Crippen LogP contribution in [-0.4, -0.2) is 40.6 Å². The standard InChI is InChI=1S/C13H20N2O2/c1-3-4-8-15(9-10-16)13(17)12-6-5-7-14-11(12)2/h5-7,16H,3-4,8-10H2,1-2H3. The third-order valence-corrected chi connectivity index (χ3v) is 2.68. The molecule has 0 aliphatic heterocycles. The zero-order valence-electron chi connectivity index (χ0n) is 10.5. The molecule has 0 aromatic carbocycles. The molecule has 0 saturated carbocycles. The molecular weight excluding hydrogens is 216 g/mol. The Morgan fingerprint density at radius 1 is 1.47 bits per heavy atom. The Hall–Kier alpha value is -1.42. The molecular formula is C13H20N2O2. The number of unbranched alkanes of at least 4 members (excludes halogenated alkanes) is 1. The van der Waals surface area contributed by atoms with Crippen LogP contribution < -0.4 is 0 Å². The van der Waals surface area contributed by atoms with E-state index in [1.54, 1.807) is 23.2 Å². The van der Waals surface area contributed by atoms with Crippen molar-refractivity contribution in [2.75, 3.05) is 19.7 Å². The minimum Gasteiger partial charge on any atom is -0.395 e. The van der Waals surface area contributed by atoms with Crippen LogP contribution in [0.4, 0.5) is 0 Å². The molecule has 0 spiro atoms. The van der Waals surface area contributed by atoms with Crippen LogP contribution in [0.5, 0.6) is 0 Å². The number of carbonyl (C=O) groups is 1. The molecule has 4 nitrogen and oxygen atoms in total. The van der Waals surface area contributed by atoms with Crippen molar-refractivity contribution in [1.29, 1.82) is 0 Å². The van der Waals surface area contributed by atoms with Gasteiger partial charge in [0.05, 0.1) is 12.2 Å². The normalized spacial score (nSPS) is 10.3. The number of carbonyl (C=O) groups excluding carboxylic acids is 1. The number of amides is 1. The molecule has 0 saturated heterocycles. The Morgan fingerprint density at radius 3 is 2.82 bits per heavy atom. The highest BCUT2D eigenvalue weighted by molar-refractivity contribution is 5.95. The van der Waals surface area contributed by atoms with Crippen LogP contribution in [0.1, 0.15) is 35.8 Å². The molecule has 17 heavy (non-hydrogen) atoms. The first-order valence-corrected chi connectivity index (χ1v) is 6.02. The van der Waals surface area contributed by atoms with Crippen molar-refractivity contribution in [1.82, 2.24) is 9.88 Å². The summed E-state index contributed by atoms with van der Waals surface area (Å²) in [5.74, 6) is -0.0434. The van der Waals surface area contributed by atoms with Crippen LogP contribution in [0, 0.1) is 6.92 Å². The van der Waals surface area contributed by atoms with Crippen molar-refractivity contribution in [2.24, 2.45) is 0 Å². The molecule has 1 aromatic rings. The van der Waals surface area contributed by atoms with E-state index in [1.807, 2.05) is 6.92 Å². The summed E-state index contributed by atoms with van der Waals surface area (Å²) in [5, 5.41) is 8.99. The predicted molar refractivity (Wildman–Crippen MR) is 66.9 cm³/mol. The lowest BCUT2D eigenvalue weighted by Crippen LogP contribution is -2.35. The van der Waals surface area contributed by atoms with Crippen LogP contribution in [0.2, 0.25) is 0 Å². The molecule has 1 heterocycles. The van der Waals surface area contributed by atoms with Gasteiger partial charge in [-0.3, -0.25) is 9.78 Å².